The highest BCUT2D eigenvalue weighted by Gasteiger charge is 2.09. The van der Waals surface area contributed by atoms with Gasteiger partial charge in [0.25, 0.3) is 5.91 Å². The smallest absolute Gasteiger partial charge is 0.254 e. The van der Waals surface area contributed by atoms with Crippen molar-refractivity contribution < 1.29 is 14.4 Å². The van der Waals surface area contributed by atoms with Crippen molar-refractivity contribution in [1.82, 2.24) is 5.32 Å². The van der Waals surface area contributed by atoms with Gasteiger partial charge in [-0.3, -0.25) is 4.79 Å². The summed E-state index contributed by atoms with van der Waals surface area (Å²) in [4.78, 5) is 11.4. The highest BCUT2D eigenvalue weighted by molar-refractivity contribution is 5.94. The monoisotopic (exact) mass is 225 g/mol. The Bertz CT molecular complexity index is 407. The number of amidine groups is 1. The van der Waals surface area contributed by atoms with Gasteiger partial charge < -0.3 is 16.3 Å². The van der Waals surface area contributed by atoms with Gasteiger partial charge in [0.1, 0.15) is 11.7 Å². The van der Waals surface area contributed by atoms with Gasteiger partial charge in [-0.2, -0.15) is 0 Å². The molecule has 0 aliphatic carbocycles. The van der Waals surface area contributed by atoms with Crippen LogP contribution in [0.15, 0.2) is 29.4 Å². The lowest BCUT2D eigenvalue weighted by atomic mass is 10.2. The van der Waals surface area contributed by atoms with E-state index in [1.54, 1.807) is 6.07 Å². The molecule has 0 aliphatic heterocycles. The summed E-state index contributed by atoms with van der Waals surface area (Å²) in [7, 11) is 0. The van der Waals surface area contributed by atoms with Crippen LogP contribution in [-0.4, -0.2) is 23.5 Å². The molecule has 0 aliphatic rings. The second-order valence-corrected chi connectivity index (χ2v) is 3.08. The van der Waals surface area contributed by atoms with E-state index in [0.29, 0.717) is 0 Å². The number of nitrogens with zero attached hydrogens (tertiary/aromatic N) is 1. The minimum atomic E-state index is -0.580. The maximum atomic E-state index is 13.1. The number of halogens is 1. The van der Waals surface area contributed by atoms with E-state index < -0.39 is 11.7 Å². The molecule has 16 heavy (non-hydrogen) atoms. The largest absolute Gasteiger partial charge is 0.409 e. The summed E-state index contributed by atoms with van der Waals surface area (Å²) in [5.41, 5.74) is 5.18. The van der Waals surface area contributed by atoms with Crippen molar-refractivity contribution in [2.75, 3.05) is 6.54 Å². The molecule has 0 unspecified atom stereocenters. The predicted octanol–water partition coefficient (Wildman–Crippen LogP) is 0.692. The number of carbonyl (C=O) groups is 1. The summed E-state index contributed by atoms with van der Waals surface area (Å²) in [5, 5.41) is 13.5. The first-order valence-electron chi connectivity index (χ1n) is 4.64. The molecule has 86 valence electrons. The number of hydrogen-bond donors (Lipinski definition) is 3. The molecule has 0 aromatic heterocycles. The molecule has 5 nitrogen and oxygen atoms in total. The number of benzene rings is 1. The van der Waals surface area contributed by atoms with E-state index in [2.05, 4.69) is 10.5 Å². The van der Waals surface area contributed by atoms with Crippen molar-refractivity contribution in [3.05, 3.63) is 35.6 Å². The molecule has 1 rings (SSSR count). The Labute approximate surface area is 91.8 Å². The van der Waals surface area contributed by atoms with E-state index in [4.69, 9.17) is 10.9 Å². The molecule has 1 aromatic carbocycles. The average molecular weight is 225 g/mol. The van der Waals surface area contributed by atoms with Gasteiger partial charge in [-0.25, -0.2) is 4.39 Å². The molecule has 0 heterocycles. The topological polar surface area (TPSA) is 87.7 Å². The highest BCUT2D eigenvalue weighted by atomic mass is 19.1. The third-order valence-electron chi connectivity index (χ3n) is 1.91. The molecule has 1 aromatic rings. The predicted molar refractivity (Wildman–Crippen MR) is 56.8 cm³/mol. The molecule has 0 saturated heterocycles. The van der Waals surface area contributed by atoms with Gasteiger partial charge in [-0.05, 0) is 12.1 Å². The molecular weight excluding hydrogens is 213 g/mol. The van der Waals surface area contributed by atoms with Crippen molar-refractivity contribution in [3.8, 4) is 0 Å². The summed E-state index contributed by atoms with van der Waals surface area (Å²) < 4.78 is 13.1. The van der Waals surface area contributed by atoms with Gasteiger partial charge in [0.2, 0.25) is 0 Å². The van der Waals surface area contributed by atoms with Gasteiger partial charge in [-0.1, -0.05) is 17.3 Å². The van der Waals surface area contributed by atoms with Crippen molar-refractivity contribution in [2.45, 2.75) is 6.42 Å². The van der Waals surface area contributed by atoms with Crippen LogP contribution >= 0.6 is 0 Å². The van der Waals surface area contributed by atoms with E-state index >= 15 is 0 Å². The normalized spacial score (nSPS) is 11.2. The molecule has 0 fully saturated rings. The van der Waals surface area contributed by atoms with Crippen LogP contribution < -0.4 is 11.1 Å². The Morgan fingerprint density at radius 2 is 2.19 bits per heavy atom. The van der Waals surface area contributed by atoms with Crippen molar-refractivity contribution in [2.24, 2.45) is 10.9 Å². The van der Waals surface area contributed by atoms with Gasteiger partial charge in [0.05, 0.1) is 5.56 Å². The maximum Gasteiger partial charge on any atom is 0.254 e. The van der Waals surface area contributed by atoms with Crippen LogP contribution in [0, 0.1) is 5.82 Å². The van der Waals surface area contributed by atoms with Gasteiger partial charge in [0, 0.05) is 13.0 Å². The zero-order valence-electron chi connectivity index (χ0n) is 8.48. The third kappa shape index (κ3) is 3.23. The van der Waals surface area contributed by atoms with Crippen LogP contribution in [0.1, 0.15) is 16.8 Å². The molecule has 0 spiro atoms. The molecule has 4 N–H and O–H groups in total. The van der Waals surface area contributed by atoms with Crippen LogP contribution in [0.4, 0.5) is 4.39 Å². The Hall–Kier alpha value is -2.11. The van der Waals surface area contributed by atoms with Crippen molar-refractivity contribution >= 4 is 11.7 Å². The number of oxime groups is 1. The Kier molecular flexibility index (Phi) is 4.26. The molecule has 0 radical (unpaired) electrons. The van der Waals surface area contributed by atoms with E-state index in [-0.39, 0.29) is 24.4 Å². The molecule has 1 amide bonds. The summed E-state index contributed by atoms with van der Waals surface area (Å²) in [5.74, 6) is -1.10. The van der Waals surface area contributed by atoms with Gasteiger partial charge in [-0.15, -0.1) is 0 Å². The van der Waals surface area contributed by atoms with Crippen LogP contribution in [0.3, 0.4) is 0 Å². The Morgan fingerprint density at radius 3 is 2.81 bits per heavy atom. The Morgan fingerprint density at radius 1 is 1.50 bits per heavy atom. The van der Waals surface area contributed by atoms with E-state index in [1.165, 1.54) is 18.2 Å². The van der Waals surface area contributed by atoms with Crippen LogP contribution in [0.2, 0.25) is 0 Å². The van der Waals surface area contributed by atoms with Crippen molar-refractivity contribution in [1.29, 1.82) is 0 Å². The SMILES string of the molecule is NC(CCNC(=O)c1ccccc1F)=NO. The fraction of sp³-hybridized carbons (Fsp3) is 0.200. The molecule has 0 saturated carbocycles. The van der Waals surface area contributed by atoms with Gasteiger partial charge >= 0.3 is 0 Å². The average Bonchev–Trinajstić information content (AvgIpc) is 2.29. The first-order chi connectivity index (χ1) is 7.65. The second-order valence-electron chi connectivity index (χ2n) is 3.08. The quantitative estimate of drug-likeness (QED) is 0.305. The molecule has 0 atom stereocenters. The first kappa shape index (κ1) is 12.0. The van der Waals surface area contributed by atoms with E-state index in [9.17, 15) is 9.18 Å². The number of rotatable bonds is 4. The number of hydrogen-bond acceptors (Lipinski definition) is 3. The Balaban J connectivity index is 2.51. The molecular formula is C10H12FN3O2. The fourth-order valence-electron chi connectivity index (χ4n) is 1.09. The third-order valence-corrected chi connectivity index (χ3v) is 1.91. The maximum absolute atomic E-state index is 13.1. The summed E-state index contributed by atoms with van der Waals surface area (Å²) in [6.07, 6.45) is 0.205. The van der Waals surface area contributed by atoms with Crippen molar-refractivity contribution in [3.63, 3.8) is 0 Å². The van der Waals surface area contributed by atoms with E-state index in [1.807, 2.05) is 0 Å². The lowest BCUT2D eigenvalue weighted by Crippen LogP contribution is -2.28. The minimum absolute atomic E-state index is 0.00818. The number of nitrogens with two attached hydrogens (primary N) is 1. The molecule has 0 bridgehead atoms. The lowest BCUT2D eigenvalue weighted by molar-refractivity contribution is 0.0950. The standard InChI is InChI=1S/C10H12FN3O2/c11-8-4-2-1-3-7(8)10(15)13-6-5-9(12)14-16/h1-4,16H,5-6H2,(H2,12,14)(H,13,15). The number of carbonyl (C=O) groups excluding carboxylic acids is 1. The summed E-state index contributed by atoms with van der Waals surface area (Å²) in [6, 6.07) is 5.66. The van der Waals surface area contributed by atoms with Crippen LogP contribution in [0.25, 0.3) is 0 Å². The van der Waals surface area contributed by atoms with Crippen LogP contribution in [-0.2, 0) is 0 Å². The highest BCUT2D eigenvalue weighted by Crippen LogP contribution is 2.05. The number of amides is 1. The number of nitrogens with one attached hydrogen (secondary N) is 1. The zero-order valence-corrected chi connectivity index (χ0v) is 8.48. The first-order valence-corrected chi connectivity index (χ1v) is 4.64. The van der Waals surface area contributed by atoms with E-state index in [0.717, 1.165) is 0 Å². The van der Waals surface area contributed by atoms with Gasteiger partial charge in [0.15, 0.2) is 0 Å². The minimum Gasteiger partial charge on any atom is -0.409 e. The second kappa shape index (κ2) is 5.69. The fourth-order valence-corrected chi connectivity index (χ4v) is 1.09. The van der Waals surface area contributed by atoms with Crippen LogP contribution in [0.5, 0.6) is 0 Å². The lowest BCUT2D eigenvalue weighted by Gasteiger charge is -2.04. The summed E-state index contributed by atoms with van der Waals surface area (Å²) in [6.45, 7) is 0.184. The summed E-state index contributed by atoms with van der Waals surface area (Å²) >= 11 is 0. The molecule has 6 heteroatoms. The zero-order chi connectivity index (χ0) is 12.0.